The van der Waals surface area contributed by atoms with E-state index in [9.17, 15) is 4.79 Å². The fourth-order valence-electron chi connectivity index (χ4n) is 1.31. The lowest BCUT2D eigenvalue weighted by Crippen LogP contribution is -2.35. The fourth-order valence-corrected chi connectivity index (χ4v) is 1.31. The Morgan fingerprint density at radius 1 is 1.50 bits per heavy atom. The van der Waals surface area contributed by atoms with E-state index in [1.165, 1.54) is 0 Å². The van der Waals surface area contributed by atoms with Gasteiger partial charge in [-0.1, -0.05) is 20.3 Å². The number of halogens is 1. The molecule has 0 aromatic rings. The average Bonchev–Trinajstić information content (AvgIpc) is 2.24. The number of rotatable bonds is 7. The van der Waals surface area contributed by atoms with E-state index in [1.807, 2.05) is 7.05 Å². The van der Waals surface area contributed by atoms with E-state index in [0.717, 1.165) is 13.0 Å². The van der Waals surface area contributed by atoms with Crippen molar-refractivity contribution in [3.63, 3.8) is 0 Å². The Kier molecular flexibility index (Phi) is 11.1. The van der Waals surface area contributed by atoms with Crippen LogP contribution >= 0.6 is 12.4 Å². The molecule has 2 unspecified atom stereocenters. The highest BCUT2D eigenvalue weighted by Gasteiger charge is 2.16. The van der Waals surface area contributed by atoms with Crippen molar-refractivity contribution in [3.8, 4) is 0 Å². The molecule has 0 fully saturated rings. The molecular formula is C11H25ClN2O2. The molecule has 4 nitrogen and oxygen atoms in total. The van der Waals surface area contributed by atoms with Crippen LogP contribution in [0.15, 0.2) is 0 Å². The van der Waals surface area contributed by atoms with Crippen LogP contribution in [-0.2, 0) is 9.53 Å². The number of carbonyl (C=O) groups excluding carboxylic acids is 1. The molecule has 0 heterocycles. The molecule has 0 saturated heterocycles. The minimum Gasteiger partial charge on any atom is -0.380 e. The van der Waals surface area contributed by atoms with Crippen LogP contribution in [0, 0.1) is 5.92 Å². The summed E-state index contributed by atoms with van der Waals surface area (Å²) in [4.78, 5) is 13.5. The molecular weight excluding hydrogens is 228 g/mol. The molecule has 16 heavy (non-hydrogen) atoms. The van der Waals surface area contributed by atoms with E-state index >= 15 is 0 Å². The maximum Gasteiger partial charge on any atom is 0.224 e. The number of carbonyl (C=O) groups is 1. The van der Waals surface area contributed by atoms with Crippen LogP contribution in [0.25, 0.3) is 0 Å². The standard InChI is InChI=1S/C11H24N2O2.ClH/c1-5-9(2)8-13(3)11(14)6-10(7-12)15-4;/h9-10H,5-8,12H2,1-4H3;1H. The van der Waals surface area contributed by atoms with Crippen molar-refractivity contribution < 1.29 is 9.53 Å². The third kappa shape index (κ3) is 7.04. The van der Waals surface area contributed by atoms with Crippen molar-refractivity contribution in [1.82, 2.24) is 4.90 Å². The van der Waals surface area contributed by atoms with Crippen LogP contribution in [-0.4, -0.2) is 44.2 Å². The highest BCUT2D eigenvalue weighted by Crippen LogP contribution is 2.05. The summed E-state index contributed by atoms with van der Waals surface area (Å²) in [6.07, 6.45) is 1.30. The third-order valence-electron chi connectivity index (χ3n) is 2.71. The number of hydrogen-bond acceptors (Lipinski definition) is 3. The maximum atomic E-state index is 11.7. The van der Waals surface area contributed by atoms with Gasteiger partial charge in [0.2, 0.25) is 5.91 Å². The van der Waals surface area contributed by atoms with Gasteiger partial charge in [0.1, 0.15) is 0 Å². The SMILES string of the molecule is CCC(C)CN(C)C(=O)CC(CN)OC.Cl. The molecule has 5 heteroatoms. The van der Waals surface area contributed by atoms with Crippen molar-refractivity contribution in [2.45, 2.75) is 32.8 Å². The van der Waals surface area contributed by atoms with Gasteiger partial charge in [-0.25, -0.2) is 0 Å². The summed E-state index contributed by atoms with van der Waals surface area (Å²) in [6, 6.07) is 0. The van der Waals surface area contributed by atoms with Crippen LogP contribution < -0.4 is 5.73 Å². The zero-order valence-electron chi connectivity index (χ0n) is 10.7. The Balaban J connectivity index is 0. The van der Waals surface area contributed by atoms with Crippen molar-refractivity contribution in [2.75, 3.05) is 27.2 Å². The second kappa shape index (κ2) is 9.87. The van der Waals surface area contributed by atoms with Gasteiger partial charge in [-0.15, -0.1) is 12.4 Å². The fraction of sp³-hybridized carbons (Fsp3) is 0.909. The summed E-state index contributed by atoms with van der Waals surface area (Å²) in [5.74, 6) is 0.644. The van der Waals surface area contributed by atoms with Crippen molar-refractivity contribution in [2.24, 2.45) is 11.7 Å². The zero-order valence-corrected chi connectivity index (χ0v) is 11.5. The summed E-state index contributed by atoms with van der Waals surface area (Å²) >= 11 is 0. The van der Waals surface area contributed by atoms with Crippen LogP contribution in [0.4, 0.5) is 0 Å². The van der Waals surface area contributed by atoms with E-state index in [-0.39, 0.29) is 24.4 Å². The second-order valence-corrected chi connectivity index (χ2v) is 4.09. The summed E-state index contributed by atoms with van der Waals surface area (Å²) in [7, 11) is 3.41. The molecule has 0 aliphatic carbocycles. The molecule has 0 radical (unpaired) electrons. The van der Waals surface area contributed by atoms with Crippen LogP contribution in [0.1, 0.15) is 26.7 Å². The minimum atomic E-state index is -0.156. The van der Waals surface area contributed by atoms with E-state index in [4.69, 9.17) is 10.5 Å². The quantitative estimate of drug-likeness (QED) is 0.743. The van der Waals surface area contributed by atoms with Crippen molar-refractivity contribution >= 4 is 18.3 Å². The molecule has 2 atom stereocenters. The highest BCUT2D eigenvalue weighted by atomic mass is 35.5. The Morgan fingerprint density at radius 2 is 2.06 bits per heavy atom. The first-order valence-corrected chi connectivity index (χ1v) is 5.51. The smallest absolute Gasteiger partial charge is 0.224 e. The Bertz CT molecular complexity index is 187. The third-order valence-corrected chi connectivity index (χ3v) is 2.71. The molecule has 0 aromatic heterocycles. The van der Waals surface area contributed by atoms with E-state index in [0.29, 0.717) is 18.9 Å². The van der Waals surface area contributed by atoms with Gasteiger partial charge in [-0.2, -0.15) is 0 Å². The number of amides is 1. The number of nitrogens with two attached hydrogens (primary N) is 1. The molecule has 98 valence electrons. The predicted octanol–water partition coefficient (Wildman–Crippen LogP) is 1.28. The number of nitrogens with zero attached hydrogens (tertiary/aromatic N) is 1. The Labute approximate surface area is 105 Å². The zero-order chi connectivity index (χ0) is 11.8. The van der Waals surface area contributed by atoms with Gasteiger partial charge in [0, 0.05) is 27.2 Å². The van der Waals surface area contributed by atoms with Crippen molar-refractivity contribution in [1.29, 1.82) is 0 Å². The number of methoxy groups -OCH3 is 1. The van der Waals surface area contributed by atoms with E-state index in [1.54, 1.807) is 12.0 Å². The lowest BCUT2D eigenvalue weighted by atomic mass is 10.1. The van der Waals surface area contributed by atoms with Gasteiger partial charge in [0.05, 0.1) is 12.5 Å². The van der Waals surface area contributed by atoms with Crippen LogP contribution in [0.3, 0.4) is 0 Å². The van der Waals surface area contributed by atoms with Gasteiger partial charge in [-0.3, -0.25) is 4.79 Å². The molecule has 1 amide bonds. The Hall–Kier alpha value is -0.320. The monoisotopic (exact) mass is 252 g/mol. The minimum absolute atomic E-state index is 0. The maximum absolute atomic E-state index is 11.7. The Morgan fingerprint density at radius 3 is 2.44 bits per heavy atom. The largest absolute Gasteiger partial charge is 0.380 e. The average molecular weight is 253 g/mol. The van der Waals surface area contributed by atoms with Gasteiger partial charge in [0.15, 0.2) is 0 Å². The molecule has 0 aliphatic heterocycles. The van der Waals surface area contributed by atoms with Crippen molar-refractivity contribution in [3.05, 3.63) is 0 Å². The predicted molar refractivity (Wildman–Crippen MR) is 68.8 cm³/mol. The topological polar surface area (TPSA) is 55.6 Å². The lowest BCUT2D eigenvalue weighted by Gasteiger charge is -2.22. The van der Waals surface area contributed by atoms with Gasteiger partial charge in [0.25, 0.3) is 0 Å². The molecule has 0 bridgehead atoms. The first-order chi connectivity index (χ1) is 7.04. The molecule has 2 N–H and O–H groups in total. The van der Waals surface area contributed by atoms with Crippen LogP contribution in [0.2, 0.25) is 0 Å². The van der Waals surface area contributed by atoms with Crippen LogP contribution in [0.5, 0.6) is 0 Å². The first-order valence-electron chi connectivity index (χ1n) is 5.51. The molecule has 0 aliphatic rings. The van der Waals surface area contributed by atoms with Gasteiger partial charge in [-0.05, 0) is 5.92 Å². The molecule has 0 saturated carbocycles. The lowest BCUT2D eigenvalue weighted by molar-refractivity contribution is -0.132. The van der Waals surface area contributed by atoms with Gasteiger partial charge < -0.3 is 15.4 Å². The number of ether oxygens (including phenoxy) is 1. The van der Waals surface area contributed by atoms with Gasteiger partial charge >= 0.3 is 0 Å². The summed E-state index contributed by atoms with van der Waals surface area (Å²) in [6.45, 7) is 5.46. The van der Waals surface area contributed by atoms with E-state index < -0.39 is 0 Å². The highest BCUT2D eigenvalue weighted by molar-refractivity contribution is 5.85. The summed E-state index contributed by atoms with van der Waals surface area (Å²) < 4.78 is 5.08. The molecule has 0 rings (SSSR count). The second-order valence-electron chi connectivity index (χ2n) is 4.09. The normalized spacial score (nSPS) is 13.8. The first kappa shape index (κ1) is 18.1. The molecule has 0 aromatic carbocycles. The number of hydrogen-bond donors (Lipinski definition) is 1. The molecule has 0 spiro atoms. The van der Waals surface area contributed by atoms with E-state index in [2.05, 4.69) is 13.8 Å². The summed E-state index contributed by atoms with van der Waals surface area (Å²) in [5, 5.41) is 0. The summed E-state index contributed by atoms with van der Waals surface area (Å²) in [5.41, 5.74) is 5.46.